The molecule has 1 fully saturated rings. The molecule has 0 saturated heterocycles. The van der Waals surface area contributed by atoms with E-state index in [-0.39, 0.29) is 24.3 Å². The summed E-state index contributed by atoms with van der Waals surface area (Å²) in [5.74, 6) is 0.132. The number of methoxy groups -OCH3 is 1. The highest BCUT2D eigenvalue weighted by molar-refractivity contribution is 7.09. The summed E-state index contributed by atoms with van der Waals surface area (Å²) in [4.78, 5) is 30.9. The minimum absolute atomic E-state index is 0.0234. The number of rotatable bonds is 10. The van der Waals surface area contributed by atoms with E-state index in [2.05, 4.69) is 0 Å². The molecule has 0 N–H and O–H groups in total. The number of nitrogens with zero attached hydrogens (tertiary/aromatic N) is 2. The molecule has 3 rings (SSSR count). The van der Waals surface area contributed by atoms with Crippen LogP contribution in [0.4, 0.5) is 0 Å². The second-order valence-corrected chi connectivity index (χ2v) is 8.58. The molecule has 2 amide bonds. The van der Waals surface area contributed by atoms with Crippen LogP contribution in [0.2, 0.25) is 0 Å². The van der Waals surface area contributed by atoms with Gasteiger partial charge in [0.25, 0.3) is 0 Å². The fourth-order valence-electron chi connectivity index (χ4n) is 3.79. The van der Waals surface area contributed by atoms with E-state index < -0.39 is 0 Å². The molecule has 1 aliphatic carbocycles. The molecule has 29 heavy (non-hydrogen) atoms. The zero-order valence-electron chi connectivity index (χ0n) is 17.1. The number of hydrogen-bond donors (Lipinski definition) is 0. The predicted octanol–water partition coefficient (Wildman–Crippen LogP) is 3.94. The lowest BCUT2D eigenvalue weighted by molar-refractivity contribution is -0.144. The van der Waals surface area contributed by atoms with E-state index in [4.69, 9.17) is 4.74 Å². The van der Waals surface area contributed by atoms with Gasteiger partial charge in [0.15, 0.2) is 0 Å². The average molecular weight is 415 g/mol. The molecule has 1 aliphatic rings. The Morgan fingerprint density at radius 3 is 2.45 bits per heavy atom. The Hall–Kier alpha value is -2.18. The van der Waals surface area contributed by atoms with E-state index in [0.29, 0.717) is 26.2 Å². The molecule has 2 aromatic rings. The van der Waals surface area contributed by atoms with Gasteiger partial charge in [-0.15, -0.1) is 11.3 Å². The van der Waals surface area contributed by atoms with Gasteiger partial charge in [-0.3, -0.25) is 9.59 Å². The van der Waals surface area contributed by atoms with Crippen molar-refractivity contribution in [3.63, 3.8) is 0 Å². The highest BCUT2D eigenvalue weighted by atomic mass is 32.1. The van der Waals surface area contributed by atoms with Crippen LogP contribution in [-0.4, -0.2) is 48.4 Å². The quantitative estimate of drug-likeness (QED) is 0.592. The lowest BCUT2D eigenvalue weighted by Crippen LogP contribution is -2.45. The Balaban J connectivity index is 1.71. The first-order valence-corrected chi connectivity index (χ1v) is 11.2. The van der Waals surface area contributed by atoms with Crippen LogP contribution < -0.4 is 0 Å². The Morgan fingerprint density at radius 1 is 1.03 bits per heavy atom. The van der Waals surface area contributed by atoms with Crippen molar-refractivity contribution >= 4 is 23.2 Å². The molecular weight excluding hydrogens is 384 g/mol. The van der Waals surface area contributed by atoms with E-state index in [0.717, 1.165) is 36.1 Å². The molecule has 0 spiro atoms. The van der Waals surface area contributed by atoms with Gasteiger partial charge in [-0.1, -0.05) is 49.2 Å². The molecule has 0 aliphatic heterocycles. The second-order valence-electron chi connectivity index (χ2n) is 7.55. The minimum atomic E-state index is -0.0234. The zero-order valence-corrected chi connectivity index (χ0v) is 17.9. The van der Waals surface area contributed by atoms with Gasteiger partial charge in [-0.05, 0) is 29.9 Å². The number of carbonyl (C=O) groups is 2. The molecule has 1 aromatic heterocycles. The molecule has 0 atom stereocenters. The van der Waals surface area contributed by atoms with Gasteiger partial charge in [-0.25, -0.2) is 0 Å². The third kappa shape index (κ3) is 6.41. The summed E-state index contributed by atoms with van der Waals surface area (Å²) in [6, 6.07) is 14.0. The maximum atomic E-state index is 13.3. The Bertz CT molecular complexity index is 758. The summed E-state index contributed by atoms with van der Waals surface area (Å²) in [5, 5.41) is 2.02. The van der Waals surface area contributed by atoms with Crippen LogP contribution in [0.25, 0.3) is 0 Å². The van der Waals surface area contributed by atoms with Gasteiger partial charge in [0.05, 0.1) is 19.7 Å². The Kier molecular flexibility index (Phi) is 8.25. The first-order valence-electron chi connectivity index (χ1n) is 10.3. The average Bonchev–Trinajstić information content (AvgIpc) is 3.45. The van der Waals surface area contributed by atoms with E-state index in [1.165, 1.54) is 0 Å². The molecule has 0 radical (unpaired) electrons. The summed E-state index contributed by atoms with van der Waals surface area (Å²) in [7, 11) is 1.62. The van der Waals surface area contributed by atoms with Crippen molar-refractivity contribution < 1.29 is 14.3 Å². The van der Waals surface area contributed by atoms with Crippen molar-refractivity contribution in [3.8, 4) is 0 Å². The summed E-state index contributed by atoms with van der Waals surface area (Å²) < 4.78 is 5.19. The summed E-state index contributed by atoms with van der Waals surface area (Å²) in [5.41, 5.74) is 1.09. The van der Waals surface area contributed by atoms with Crippen LogP contribution >= 0.6 is 11.3 Å². The van der Waals surface area contributed by atoms with Gasteiger partial charge in [0.1, 0.15) is 0 Å². The monoisotopic (exact) mass is 414 g/mol. The van der Waals surface area contributed by atoms with Crippen molar-refractivity contribution in [1.29, 1.82) is 0 Å². The molecule has 5 nitrogen and oxygen atoms in total. The normalized spacial score (nSPS) is 14.1. The SMILES string of the molecule is COCCN(CC(=O)N(Cc1ccccc1)Cc1cccs1)C(=O)C1CCCC1. The third-order valence-electron chi connectivity index (χ3n) is 5.40. The van der Waals surface area contributed by atoms with Crippen LogP contribution in [0.5, 0.6) is 0 Å². The molecule has 0 bridgehead atoms. The van der Waals surface area contributed by atoms with E-state index >= 15 is 0 Å². The van der Waals surface area contributed by atoms with Gasteiger partial charge in [0, 0.05) is 31.0 Å². The van der Waals surface area contributed by atoms with Gasteiger partial charge in [-0.2, -0.15) is 0 Å². The fourth-order valence-corrected chi connectivity index (χ4v) is 4.51. The first kappa shape index (κ1) is 21.5. The molecule has 1 aromatic carbocycles. The maximum Gasteiger partial charge on any atom is 0.242 e. The highest BCUT2D eigenvalue weighted by Crippen LogP contribution is 2.26. The van der Waals surface area contributed by atoms with Gasteiger partial charge >= 0.3 is 0 Å². The molecule has 6 heteroatoms. The number of carbonyl (C=O) groups excluding carboxylic acids is 2. The largest absolute Gasteiger partial charge is 0.383 e. The number of amides is 2. The van der Waals surface area contributed by atoms with Crippen LogP contribution in [-0.2, 0) is 27.4 Å². The van der Waals surface area contributed by atoms with Crippen molar-refractivity contribution in [2.24, 2.45) is 5.92 Å². The number of hydrogen-bond acceptors (Lipinski definition) is 4. The van der Waals surface area contributed by atoms with Crippen molar-refractivity contribution in [1.82, 2.24) is 9.80 Å². The van der Waals surface area contributed by atoms with Gasteiger partial charge < -0.3 is 14.5 Å². The van der Waals surface area contributed by atoms with Crippen molar-refractivity contribution in [2.75, 3.05) is 26.8 Å². The lowest BCUT2D eigenvalue weighted by atomic mass is 10.1. The molecule has 1 saturated carbocycles. The summed E-state index contributed by atoms with van der Waals surface area (Å²) in [6.07, 6.45) is 4.06. The van der Waals surface area contributed by atoms with Crippen LogP contribution in [0.15, 0.2) is 47.8 Å². The molecular formula is C23H30N2O3S. The standard InChI is InChI=1S/C23H30N2O3S/c1-28-14-13-24(23(27)20-10-5-6-11-20)18-22(26)25(17-21-12-7-15-29-21)16-19-8-3-2-4-9-19/h2-4,7-9,12,15,20H,5-6,10-11,13-14,16-18H2,1H3. The second kappa shape index (κ2) is 11.1. The predicted molar refractivity (Wildman–Crippen MR) is 115 cm³/mol. The summed E-state index contributed by atoms with van der Waals surface area (Å²) in [6.45, 7) is 2.09. The molecule has 156 valence electrons. The third-order valence-corrected chi connectivity index (χ3v) is 6.26. The zero-order chi connectivity index (χ0) is 20.5. The number of benzene rings is 1. The van der Waals surface area contributed by atoms with Crippen LogP contribution in [0, 0.1) is 5.92 Å². The minimum Gasteiger partial charge on any atom is -0.383 e. The molecule has 0 unspecified atom stereocenters. The van der Waals surface area contributed by atoms with E-state index in [9.17, 15) is 9.59 Å². The van der Waals surface area contributed by atoms with E-state index in [1.807, 2.05) is 52.7 Å². The summed E-state index contributed by atoms with van der Waals surface area (Å²) >= 11 is 1.64. The van der Waals surface area contributed by atoms with Crippen LogP contribution in [0.1, 0.15) is 36.1 Å². The Morgan fingerprint density at radius 2 is 1.79 bits per heavy atom. The maximum absolute atomic E-state index is 13.3. The van der Waals surface area contributed by atoms with Gasteiger partial charge in [0.2, 0.25) is 11.8 Å². The Labute approximate surface area is 177 Å². The topological polar surface area (TPSA) is 49.9 Å². The smallest absolute Gasteiger partial charge is 0.242 e. The lowest BCUT2D eigenvalue weighted by Gasteiger charge is -2.29. The van der Waals surface area contributed by atoms with Crippen LogP contribution in [0.3, 0.4) is 0 Å². The first-order chi connectivity index (χ1) is 14.2. The fraction of sp³-hybridized carbons (Fsp3) is 0.478. The van der Waals surface area contributed by atoms with E-state index in [1.54, 1.807) is 23.3 Å². The highest BCUT2D eigenvalue weighted by Gasteiger charge is 2.29. The van der Waals surface area contributed by atoms with Crippen molar-refractivity contribution in [2.45, 2.75) is 38.8 Å². The van der Waals surface area contributed by atoms with Crippen molar-refractivity contribution in [3.05, 3.63) is 58.3 Å². The number of thiophene rings is 1. The molecule has 1 heterocycles. The number of ether oxygens (including phenoxy) is 1.